The zero-order chi connectivity index (χ0) is 20.1. The lowest BCUT2D eigenvalue weighted by molar-refractivity contribution is -0.141. The van der Waals surface area contributed by atoms with Crippen molar-refractivity contribution in [2.24, 2.45) is 5.92 Å². The molecule has 0 aromatic heterocycles. The molecule has 0 aliphatic carbocycles. The fourth-order valence-corrected chi connectivity index (χ4v) is 3.53. The number of halogens is 4. The molecular formula is C21H22F4N2O. The summed E-state index contributed by atoms with van der Waals surface area (Å²) in [5, 5.41) is 1.97. The summed E-state index contributed by atoms with van der Waals surface area (Å²) in [7, 11) is 0. The normalized spacial score (nSPS) is 16.1. The van der Waals surface area contributed by atoms with E-state index in [-0.39, 0.29) is 5.82 Å². The van der Waals surface area contributed by atoms with E-state index in [9.17, 15) is 22.4 Å². The van der Waals surface area contributed by atoms with Gasteiger partial charge in [-0.2, -0.15) is 13.2 Å². The van der Waals surface area contributed by atoms with E-state index in [4.69, 9.17) is 0 Å². The zero-order valence-electron chi connectivity index (χ0n) is 15.3. The third kappa shape index (κ3) is 5.32. The molecule has 2 aromatic rings. The van der Waals surface area contributed by atoms with Crippen LogP contribution in [0, 0.1) is 11.7 Å². The van der Waals surface area contributed by atoms with Crippen molar-refractivity contribution in [1.29, 1.82) is 0 Å². The molecule has 150 valence electrons. The topological polar surface area (TPSA) is 32.3 Å². The highest BCUT2D eigenvalue weighted by atomic mass is 19.4. The van der Waals surface area contributed by atoms with Gasteiger partial charge in [0, 0.05) is 18.0 Å². The third-order valence-corrected chi connectivity index (χ3v) is 5.00. The smallest absolute Gasteiger partial charge is 0.347 e. The van der Waals surface area contributed by atoms with Crippen molar-refractivity contribution in [1.82, 2.24) is 10.2 Å². The number of amides is 1. The number of nitrogens with zero attached hydrogens (tertiary/aromatic N) is 1. The van der Waals surface area contributed by atoms with E-state index in [1.807, 2.05) is 29.6 Å². The predicted octanol–water partition coefficient (Wildman–Crippen LogP) is 4.38. The average Bonchev–Trinajstić information content (AvgIpc) is 2.67. The molecule has 7 heteroatoms. The van der Waals surface area contributed by atoms with Gasteiger partial charge in [-0.1, -0.05) is 42.5 Å². The maximum Gasteiger partial charge on any atom is 0.405 e. The predicted molar refractivity (Wildman–Crippen MR) is 98.9 cm³/mol. The Kier molecular flexibility index (Phi) is 6.34. The molecule has 1 amide bonds. The molecule has 3 rings (SSSR count). The molecule has 28 heavy (non-hydrogen) atoms. The van der Waals surface area contributed by atoms with E-state index in [1.54, 1.807) is 18.2 Å². The van der Waals surface area contributed by atoms with Crippen LogP contribution in [0.3, 0.4) is 0 Å². The molecular weight excluding hydrogens is 372 g/mol. The van der Waals surface area contributed by atoms with Gasteiger partial charge in [0.2, 0.25) is 5.91 Å². The highest BCUT2D eigenvalue weighted by molar-refractivity contribution is 5.78. The Morgan fingerprint density at radius 1 is 1.00 bits per heavy atom. The van der Waals surface area contributed by atoms with Crippen LogP contribution in [0.25, 0.3) is 11.1 Å². The Morgan fingerprint density at radius 3 is 2.25 bits per heavy atom. The van der Waals surface area contributed by atoms with Crippen LogP contribution in [-0.2, 0) is 11.3 Å². The van der Waals surface area contributed by atoms with Crippen LogP contribution in [0.1, 0.15) is 18.4 Å². The van der Waals surface area contributed by atoms with Gasteiger partial charge in [0.15, 0.2) is 0 Å². The van der Waals surface area contributed by atoms with E-state index in [1.165, 1.54) is 6.07 Å². The molecule has 1 heterocycles. The molecule has 1 aliphatic rings. The quantitative estimate of drug-likeness (QED) is 0.764. The second-order valence-electron chi connectivity index (χ2n) is 7.02. The van der Waals surface area contributed by atoms with Gasteiger partial charge in [0.1, 0.15) is 12.4 Å². The number of likely N-dealkylation sites (tertiary alicyclic amines) is 1. The Bertz CT molecular complexity index is 814. The lowest BCUT2D eigenvalue weighted by Gasteiger charge is -2.31. The number of carbonyl (C=O) groups excluding carboxylic acids is 1. The molecule has 1 N–H and O–H groups in total. The molecule has 0 saturated carbocycles. The zero-order valence-corrected chi connectivity index (χ0v) is 15.3. The average molecular weight is 394 g/mol. The van der Waals surface area contributed by atoms with Crippen LogP contribution in [0.4, 0.5) is 17.6 Å². The molecule has 1 fully saturated rings. The van der Waals surface area contributed by atoms with Gasteiger partial charge < -0.3 is 5.32 Å². The molecule has 0 radical (unpaired) electrons. The maximum atomic E-state index is 14.2. The van der Waals surface area contributed by atoms with Crippen molar-refractivity contribution in [3.05, 3.63) is 59.9 Å². The monoisotopic (exact) mass is 394 g/mol. The summed E-state index contributed by atoms with van der Waals surface area (Å²) in [6, 6.07) is 14.2. The van der Waals surface area contributed by atoms with Gasteiger partial charge in [-0.3, -0.25) is 9.69 Å². The first-order valence-electron chi connectivity index (χ1n) is 9.23. The molecule has 2 aromatic carbocycles. The SMILES string of the molecule is O=C(NCC(F)(F)F)C1CCN(Cc2ccccc2-c2ccccc2F)CC1. The molecule has 0 spiro atoms. The summed E-state index contributed by atoms with van der Waals surface area (Å²) < 4.78 is 50.9. The van der Waals surface area contributed by atoms with E-state index in [0.717, 1.165) is 11.1 Å². The molecule has 0 bridgehead atoms. The van der Waals surface area contributed by atoms with Crippen molar-refractivity contribution in [3.8, 4) is 11.1 Å². The minimum atomic E-state index is -4.40. The first kappa shape index (κ1) is 20.3. The van der Waals surface area contributed by atoms with E-state index < -0.39 is 24.5 Å². The van der Waals surface area contributed by atoms with Crippen molar-refractivity contribution >= 4 is 5.91 Å². The second-order valence-corrected chi connectivity index (χ2v) is 7.02. The summed E-state index contributed by atoms with van der Waals surface area (Å²) in [6.45, 7) is 0.523. The largest absolute Gasteiger partial charge is 0.405 e. The number of alkyl halides is 3. The fraction of sp³-hybridized carbons (Fsp3) is 0.381. The maximum absolute atomic E-state index is 14.2. The number of nitrogens with one attached hydrogen (secondary N) is 1. The fourth-order valence-electron chi connectivity index (χ4n) is 3.53. The minimum Gasteiger partial charge on any atom is -0.347 e. The molecule has 1 saturated heterocycles. The highest BCUT2D eigenvalue weighted by Crippen LogP contribution is 2.28. The Balaban J connectivity index is 1.60. The van der Waals surface area contributed by atoms with Crippen LogP contribution in [-0.4, -0.2) is 36.6 Å². The summed E-state index contributed by atoms with van der Waals surface area (Å²) in [6.07, 6.45) is -3.39. The van der Waals surface area contributed by atoms with Crippen LogP contribution in [0.5, 0.6) is 0 Å². The van der Waals surface area contributed by atoms with Crippen molar-refractivity contribution in [3.63, 3.8) is 0 Å². The summed E-state index contributed by atoms with van der Waals surface area (Å²) in [4.78, 5) is 14.1. The van der Waals surface area contributed by atoms with Gasteiger partial charge >= 0.3 is 6.18 Å². The van der Waals surface area contributed by atoms with E-state index in [0.29, 0.717) is 38.0 Å². The highest BCUT2D eigenvalue weighted by Gasteiger charge is 2.31. The van der Waals surface area contributed by atoms with Gasteiger partial charge in [0.25, 0.3) is 0 Å². The lowest BCUT2D eigenvalue weighted by atomic mass is 9.94. The first-order valence-corrected chi connectivity index (χ1v) is 9.23. The number of benzene rings is 2. The summed E-state index contributed by atoms with van der Waals surface area (Å²) >= 11 is 0. The van der Waals surface area contributed by atoms with Crippen LogP contribution in [0.2, 0.25) is 0 Å². The van der Waals surface area contributed by atoms with Crippen LogP contribution >= 0.6 is 0 Å². The summed E-state index contributed by atoms with van der Waals surface area (Å²) in [5.41, 5.74) is 2.35. The Hall–Kier alpha value is -2.41. The Morgan fingerprint density at radius 2 is 1.61 bits per heavy atom. The molecule has 0 atom stereocenters. The van der Waals surface area contributed by atoms with Crippen molar-refractivity contribution < 1.29 is 22.4 Å². The lowest BCUT2D eigenvalue weighted by Crippen LogP contribution is -2.42. The number of rotatable bonds is 5. The minimum absolute atomic E-state index is 0.282. The van der Waals surface area contributed by atoms with Crippen LogP contribution < -0.4 is 5.32 Å². The molecule has 0 unspecified atom stereocenters. The number of hydrogen-bond donors (Lipinski definition) is 1. The third-order valence-electron chi connectivity index (χ3n) is 5.00. The molecule has 1 aliphatic heterocycles. The Labute approximate surface area is 161 Å². The standard InChI is InChI=1S/C21H22F4N2O/c22-19-8-4-3-7-18(19)17-6-2-1-5-16(17)13-27-11-9-15(10-12-27)20(28)26-14-21(23,24)25/h1-8,15H,9-14H2,(H,26,28). The van der Waals surface area contributed by atoms with Crippen molar-refractivity contribution in [2.75, 3.05) is 19.6 Å². The van der Waals surface area contributed by atoms with E-state index in [2.05, 4.69) is 4.90 Å². The van der Waals surface area contributed by atoms with Gasteiger partial charge in [-0.05, 0) is 43.1 Å². The molecule has 3 nitrogen and oxygen atoms in total. The first-order chi connectivity index (χ1) is 13.3. The second kappa shape index (κ2) is 8.73. The van der Waals surface area contributed by atoms with Gasteiger partial charge in [-0.15, -0.1) is 0 Å². The van der Waals surface area contributed by atoms with Crippen molar-refractivity contribution in [2.45, 2.75) is 25.6 Å². The van der Waals surface area contributed by atoms with E-state index >= 15 is 0 Å². The summed E-state index contributed by atoms with van der Waals surface area (Å²) in [5.74, 6) is -1.22. The van der Waals surface area contributed by atoms with Crippen LogP contribution in [0.15, 0.2) is 48.5 Å². The number of piperidine rings is 1. The number of hydrogen-bond acceptors (Lipinski definition) is 2. The number of carbonyl (C=O) groups is 1. The van der Waals surface area contributed by atoms with Gasteiger partial charge in [-0.25, -0.2) is 4.39 Å². The van der Waals surface area contributed by atoms with Gasteiger partial charge in [0.05, 0.1) is 0 Å².